The summed E-state index contributed by atoms with van der Waals surface area (Å²) < 4.78 is 43.1. The number of nitrogens with one attached hydrogen (secondary N) is 1. The van der Waals surface area contributed by atoms with Crippen molar-refractivity contribution in [2.75, 3.05) is 20.1 Å². The maximum Gasteiger partial charge on any atom is 0.417 e. The van der Waals surface area contributed by atoms with Gasteiger partial charge < -0.3 is 15.0 Å². The molecule has 1 aromatic carbocycles. The van der Waals surface area contributed by atoms with Crippen molar-refractivity contribution in [2.24, 2.45) is 0 Å². The highest BCUT2D eigenvalue weighted by atomic mass is 35.5. The van der Waals surface area contributed by atoms with E-state index in [9.17, 15) is 18.0 Å². The molecule has 0 spiro atoms. The predicted octanol–water partition coefficient (Wildman–Crippen LogP) is 4.56. The zero-order valence-electron chi connectivity index (χ0n) is 15.6. The van der Waals surface area contributed by atoms with Crippen LogP contribution in [0, 0.1) is 0 Å². The predicted molar refractivity (Wildman–Crippen MR) is 108 cm³/mol. The van der Waals surface area contributed by atoms with Gasteiger partial charge in [-0.1, -0.05) is 0 Å². The molecule has 0 radical (unpaired) electrons. The van der Waals surface area contributed by atoms with E-state index < -0.39 is 11.7 Å². The van der Waals surface area contributed by atoms with Crippen molar-refractivity contribution in [3.05, 3.63) is 53.7 Å². The summed E-state index contributed by atoms with van der Waals surface area (Å²) in [6.07, 6.45) is -1.87. The van der Waals surface area contributed by atoms with Crippen LogP contribution in [0.3, 0.4) is 0 Å². The van der Waals surface area contributed by atoms with Gasteiger partial charge in [0.25, 0.3) is 5.91 Å². The van der Waals surface area contributed by atoms with Crippen LogP contribution in [0.15, 0.2) is 42.6 Å². The van der Waals surface area contributed by atoms with Crippen LogP contribution in [0.4, 0.5) is 13.2 Å². The van der Waals surface area contributed by atoms with Gasteiger partial charge in [-0.2, -0.15) is 13.2 Å². The minimum absolute atomic E-state index is 0. The number of carbonyl (C=O) groups excluding carboxylic acids is 1. The number of halogens is 5. The van der Waals surface area contributed by atoms with E-state index in [0.717, 1.165) is 31.2 Å². The molecule has 1 aromatic heterocycles. The van der Waals surface area contributed by atoms with Gasteiger partial charge in [0.2, 0.25) is 5.88 Å². The number of ether oxygens (including phenoxy) is 1. The van der Waals surface area contributed by atoms with E-state index in [2.05, 4.69) is 10.3 Å². The molecular weight excluding hydrogens is 430 g/mol. The normalized spacial score (nSPS) is 14.6. The van der Waals surface area contributed by atoms with Gasteiger partial charge in [-0.3, -0.25) is 4.79 Å². The van der Waals surface area contributed by atoms with Crippen molar-refractivity contribution in [1.29, 1.82) is 0 Å². The second-order valence-corrected chi connectivity index (χ2v) is 6.36. The molecule has 10 heteroatoms. The molecule has 1 amide bonds. The monoisotopic (exact) mass is 451 g/mol. The Kier molecular flexibility index (Phi) is 9.19. The fourth-order valence-electron chi connectivity index (χ4n) is 2.95. The summed E-state index contributed by atoms with van der Waals surface area (Å²) in [5, 5.41) is 3.22. The van der Waals surface area contributed by atoms with Gasteiger partial charge in [-0.15, -0.1) is 24.8 Å². The first-order chi connectivity index (χ1) is 12.9. The molecule has 1 fully saturated rings. The Labute approximate surface area is 179 Å². The van der Waals surface area contributed by atoms with Crippen molar-refractivity contribution < 1.29 is 22.7 Å². The number of hydrogen-bond acceptors (Lipinski definition) is 4. The smallest absolute Gasteiger partial charge is 0.417 e. The number of amides is 1. The first-order valence-corrected chi connectivity index (χ1v) is 8.64. The topological polar surface area (TPSA) is 54.5 Å². The van der Waals surface area contributed by atoms with Crippen molar-refractivity contribution in [2.45, 2.75) is 25.1 Å². The molecule has 0 unspecified atom stereocenters. The summed E-state index contributed by atoms with van der Waals surface area (Å²) in [4.78, 5) is 18.0. The Morgan fingerprint density at radius 1 is 1.10 bits per heavy atom. The van der Waals surface area contributed by atoms with Crippen molar-refractivity contribution in [1.82, 2.24) is 15.2 Å². The second kappa shape index (κ2) is 10.7. The van der Waals surface area contributed by atoms with Crippen LogP contribution < -0.4 is 10.1 Å². The summed E-state index contributed by atoms with van der Waals surface area (Å²) >= 11 is 0. The van der Waals surface area contributed by atoms with E-state index in [1.165, 1.54) is 0 Å². The lowest BCUT2D eigenvalue weighted by Gasteiger charge is -2.31. The molecule has 5 nitrogen and oxygen atoms in total. The van der Waals surface area contributed by atoms with E-state index in [1.807, 2.05) is 11.9 Å². The van der Waals surface area contributed by atoms with Gasteiger partial charge in [0.1, 0.15) is 5.75 Å². The number of pyridine rings is 1. The fraction of sp³-hybridized carbons (Fsp3) is 0.368. The lowest BCUT2D eigenvalue weighted by Crippen LogP contribution is -2.43. The molecule has 1 aliphatic heterocycles. The van der Waals surface area contributed by atoms with E-state index in [-0.39, 0.29) is 36.6 Å². The van der Waals surface area contributed by atoms with Crippen molar-refractivity contribution >= 4 is 30.7 Å². The summed E-state index contributed by atoms with van der Waals surface area (Å²) in [7, 11) is 1.92. The minimum Gasteiger partial charge on any atom is -0.439 e. The van der Waals surface area contributed by atoms with Gasteiger partial charge in [0.15, 0.2) is 0 Å². The average molecular weight is 452 g/mol. The van der Waals surface area contributed by atoms with Crippen LogP contribution in [0.25, 0.3) is 0 Å². The highest BCUT2D eigenvalue weighted by Crippen LogP contribution is 2.30. The third kappa shape index (κ3) is 6.48. The molecule has 160 valence electrons. The number of piperidine rings is 1. The van der Waals surface area contributed by atoms with Crippen LogP contribution >= 0.6 is 24.8 Å². The number of benzene rings is 1. The SMILES string of the molecule is CNC1CCN(C(=O)c2ccc(Oc3ccc(C(F)(F)F)cn3)cc2)CC1.Cl.Cl. The Morgan fingerprint density at radius 3 is 2.21 bits per heavy atom. The fourth-order valence-corrected chi connectivity index (χ4v) is 2.95. The number of hydrogen-bond donors (Lipinski definition) is 1. The molecule has 0 atom stereocenters. The third-order valence-corrected chi connectivity index (χ3v) is 4.58. The summed E-state index contributed by atoms with van der Waals surface area (Å²) in [5.74, 6) is 0.410. The van der Waals surface area contributed by atoms with Crippen LogP contribution in [0.5, 0.6) is 11.6 Å². The molecule has 2 aromatic rings. The largest absolute Gasteiger partial charge is 0.439 e. The van der Waals surface area contributed by atoms with Crippen LogP contribution in [-0.4, -0.2) is 42.0 Å². The van der Waals surface area contributed by atoms with Gasteiger partial charge in [0, 0.05) is 37.0 Å². The van der Waals surface area contributed by atoms with Gasteiger partial charge in [0.05, 0.1) is 5.56 Å². The van der Waals surface area contributed by atoms with Crippen molar-refractivity contribution in [3.8, 4) is 11.6 Å². The quantitative estimate of drug-likeness (QED) is 0.739. The van der Waals surface area contributed by atoms with Gasteiger partial charge in [-0.25, -0.2) is 4.98 Å². The van der Waals surface area contributed by atoms with Crippen LogP contribution in [-0.2, 0) is 6.18 Å². The first-order valence-electron chi connectivity index (χ1n) is 8.64. The van der Waals surface area contributed by atoms with E-state index in [4.69, 9.17) is 4.74 Å². The Morgan fingerprint density at radius 2 is 1.72 bits per heavy atom. The molecule has 2 heterocycles. The number of aromatic nitrogens is 1. The third-order valence-electron chi connectivity index (χ3n) is 4.58. The van der Waals surface area contributed by atoms with E-state index in [0.29, 0.717) is 30.4 Å². The Bertz CT molecular complexity index is 779. The lowest BCUT2D eigenvalue weighted by atomic mass is 10.0. The number of rotatable bonds is 4. The van der Waals surface area contributed by atoms with E-state index in [1.54, 1.807) is 24.3 Å². The molecule has 29 heavy (non-hydrogen) atoms. The molecule has 0 aliphatic carbocycles. The first kappa shape index (κ1) is 25.0. The summed E-state index contributed by atoms with van der Waals surface area (Å²) in [5.41, 5.74) is -0.288. The lowest BCUT2D eigenvalue weighted by molar-refractivity contribution is -0.137. The number of alkyl halides is 3. The molecule has 1 saturated heterocycles. The zero-order chi connectivity index (χ0) is 19.4. The molecule has 1 aliphatic rings. The van der Waals surface area contributed by atoms with Crippen LogP contribution in [0.1, 0.15) is 28.8 Å². The highest BCUT2D eigenvalue weighted by Gasteiger charge is 2.30. The minimum atomic E-state index is -4.44. The summed E-state index contributed by atoms with van der Waals surface area (Å²) in [6.45, 7) is 1.41. The highest BCUT2D eigenvalue weighted by molar-refractivity contribution is 5.94. The number of carbonyl (C=O) groups is 1. The zero-order valence-corrected chi connectivity index (χ0v) is 17.2. The number of likely N-dealkylation sites (tertiary alicyclic amines) is 1. The Hall–Kier alpha value is -2.03. The van der Waals surface area contributed by atoms with Crippen molar-refractivity contribution in [3.63, 3.8) is 0 Å². The molecule has 0 saturated carbocycles. The van der Waals surface area contributed by atoms with Gasteiger partial charge in [-0.05, 0) is 50.2 Å². The maximum absolute atomic E-state index is 12.5. The molecule has 1 N–H and O–H groups in total. The van der Waals surface area contributed by atoms with Gasteiger partial charge >= 0.3 is 6.18 Å². The second-order valence-electron chi connectivity index (χ2n) is 6.36. The summed E-state index contributed by atoms with van der Waals surface area (Å²) in [6, 6.07) is 9.02. The maximum atomic E-state index is 12.5. The van der Waals surface area contributed by atoms with Crippen LogP contribution in [0.2, 0.25) is 0 Å². The molecule has 0 bridgehead atoms. The molecule has 3 rings (SSSR count). The standard InChI is InChI=1S/C19H20F3N3O2.2ClH/c1-23-15-8-10-25(11-9-15)18(26)13-2-5-16(6-3-13)27-17-7-4-14(12-24-17)19(20,21)22;;/h2-7,12,15,23H,8-11H2,1H3;2*1H. The number of nitrogens with zero attached hydrogens (tertiary/aromatic N) is 2. The van der Waals surface area contributed by atoms with E-state index >= 15 is 0 Å². The average Bonchev–Trinajstić information content (AvgIpc) is 2.68. The Balaban J connectivity index is 0.00000210. The molecular formula is C19H22Cl2F3N3O2.